The highest BCUT2D eigenvalue weighted by atomic mass is 16.2. The average Bonchev–Trinajstić information content (AvgIpc) is 2.96. The maximum Gasteiger partial charge on any atom is 0.227 e. The minimum absolute atomic E-state index is 0.0166. The van der Waals surface area contributed by atoms with E-state index in [1.54, 1.807) is 4.90 Å². The highest BCUT2D eigenvalue weighted by molar-refractivity contribution is 6.07. The number of hydrogen-bond donors (Lipinski definition) is 2. The summed E-state index contributed by atoms with van der Waals surface area (Å²) in [6.45, 7) is 4.51. The molecule has 0 aromatic heterocycles. The van der Waals surface area contributed by atoms with Crippen LogP contribution >= 0.6 is 0 Å². The number of benzene rings is 2. The minimum Gasteiger partial charge on any atom is -0.350 e. The quantitative estimate of drug-likeness (QED) is 0.903. The number of carbonyl (C=O) groups excluding carboxylic acids is 2. The number of anilines is 1. The standard InChI is InChI=1S/C19H23N3O2/c1-19(2,12-20)21-18(24)14-10-17(23)22(11-14)16-9-5-7-13-6-3-4-8-15(13)16/h3-9,14H,10-12,20H2,1-2H3,(H,21,24). The van der Waals surface area contributed by atoms with Crippen molar-refractivity contribution in [1.82, 2.24) is 5.32 Å². The van der Waals surface area contributed by atoms with E-state index in [-0.39, 0.29) is 24.2 Å². The van der Waals surface area contributed by atoms with Gasteiger partial charge in [-0.05, 0) is 25.3 Å². The van der Waals surface area contributed by atoms with Crippen LogP contribution in [0.1, 0.15) is 20.3 Å². The summed E-state index contributed by atoms with van der Waals surface area (Å²) in [6, 6.07) is 13.9. The number of amides is 2. The largest absolute Gasteiger partial charge is 0.350 e. The predicted molar refractivity (Wildman–Crippen MR) is 95.7 cm³/mol. The first-order valence-corrected chi connectivity index (χ1v) is 8.21. The van der Waals surface area contributed by atoms with E-state index in [0.29, 0.717) is 13.1 Å². The van der Waals surface area contributed by atoms with Crippen molar-refractivity contribution in [1.29, 1.82) is 0 Å². The average molecular weight is 325 g/mol. The van der Waals surface area contributed by atoms with Gasteiger partial charge in [0.15, 0.2) is 0 Å². The van der Waals surface area contributed by atoms with Crippen molar-refractivity contribution in [3.8, 4) is 0 Å². The summed E-state index contributed by atoms with van der Waals surface area (Å²) in [5.74, 6) is -0.471. The van der Waals surface area contributed by atoms with Crippen LogP contribution in [-0.2, 0) is 9.59 Å². The van der Waals surface area contributed by atoms with Crippen molar-refractivity contribution in [2.45, 2.75) is 25.8 Å². The number of nitrogens with zero attached hydrogens (tertiary/aromatic N) is 1. The number of hydrogen-bond acceptors (Lipinski definition) is 3. The zero-order valence-electron chi connectivity index (χ0n) is 14.1. The topological polar surface area (TPSA) is 75.4 Å². The second kappa shape index (κ2) is 6.24. The van der Waals surface area contributed by atoms with E-state index in [0.717, 1.165) is 16.5 Å². The Morgan fingerprint density at radius 2 is 1.96 bits per heavy atom. The molecule has 2 amide bonds. The molecule has 0 aliphatic carbocycles. The van der Waals surface area contributed by atoms with Gasteiger partial charge in [0.25, 0.3) is 0 Å². The molecule has 5 heteroatoms. The van der Waals surface area contributed by atoms with Crippen LogP contribution in [0.25, 0.3) is 10.8 Å². The Morgan fingerprint density at radius 1 is 1.25 bits per heavy atom. The maximum absolute atomic E-state index is 12.5. The van der Waals surface area contributed by atoms with Crippen LogP contribution in [0.5, 0.6) is 0 Å². The Bertz CT molecular complexity index is 780. The Balaban J connectivity index is 1.83. The third kappa shape index (κ3) is 3.12. The van der Waals surface area contributed by atoms with Crippen molar-refractivity contribution in [3.05, 3.63) is 42.5 Å². The molecule has 1 aliphatic heterocycles. The van der Waals surface area contributed by atoms with E-state index in [9.17, 15) is 9.59 Å². The summed E-state index contributed by atoms with van der Waals surface area (Å²) in [6.07, 6.45) is 0.232. The molecule has 1 fully saturated rings. The van der Waals surface area contributed by atoms with Gasteiger partial charge in [-0.3, -0.25) is 9.59 Å². The van der Waals surface area contributed by atoms with Gasteiger partial charge in [-0.1, -0.05) is 36.4 Å². The molecule has 1 heterocycles. The molecule has 1 unspecified atom stereocenters. The third-order valence-corrected chi connectivity index (χ3v) is 4.53. The molecule has 1 atom stereocenters. The molecule has 0 radical (unpaired) electrons. The van der Waals surface area contributed by atoms with Crippen molar-refractivity contribution in [3.63, 3.8) is 0 Å². The third-order valence-electron chi connectivity index (χ3n) is 4.53. The van der Waals surface area contributed by atoms with E-state index in [4.69, 9.17) is 5.73 Å². The second-order valence-corrected chi connectivity index (χ2v) is 6.98. The Kier molecular flexibility index (Phi) is 4.28. The van der Waals surface area contributed by atoms with Gasteiger partial charge in [0.2, 0.25) is 11.8 Å². The molecule has 1 saturated heterocycles. The molecule has 2 aromatic rings. The lowest BCUT2D eigenvalue weighted by atomic mass is 10.0. The second-order valence-electron chi connectivity index (χ2n) is 6.98. The van der Waals surface area contributed by atoms with E-state index < -0.39 is 5.54 Å². The fraction of sp³-hybridized carbons (Fsp3) is 0.368. The monoisotopic (exact) mass is 325 g/mol. The number of carbonyl (C=O) groups is 2. The van der Waals surface area contributed by atoms with E-state index in [2.05, 4.69) is 5.32 Å². The van der Waals surface area contributed by atoms with E-state index in [1.165, 1.54) is 0 Å². The van der Waals surface area contributed by atoms with Gasteiger partial charge in [-0.25, -0.2) is 0 Å². The molecule has 0 bridgehead atoms. The highest BCUT2D eigenvalue weighted by Crippen LogP contribution is 2.31. The molecule has 3 N–H and O–H groups in total. The first-order chi connectivity index (χ1) is 11.4. The zero-order valence-corrected chi connectivity index (χ0v) is 14.1. The minimum atomic E-state index is -0.465. The summed E-state index contributed by atoms with van der Waals surface area (Å²) in [5.41, 5.74) is 6.07. The summed E-state index contributed by atoms with van der Waals surface area (Å²) >= 11 is 0. The summed E-state index contributed by atoms with van der Waals surface area (Å²) in [5, 5.41) is 5.04. The van der Waals surface area contributed by atoms with E-state index >= 15 is 0 Å². The van der Waals surface area contributed by atoms with Crippen molar-refractivity contribution >= 4 is 28.3 Å². The van der Waals surface area contributed by atoms with Gasteiger partial charge >= 0.3 is 0 Å². The predicted octanol–water partition coefficient (Wildman–Crippen LogP) is 2.05. The molecule has 1 aliphatic rings. The molecule has 5 nitrogen and oxygen atoms in total. The summed E-state index contributed by atoms with van der Waals surface area (Å²) in [7, 11) is 0. The van der Waals surface area contributed by atoms with Gasteiger partial charge in [-0.15, -0.1) is 0 Å². The first kappa shape index (κ1) is 16.5. The number of rotatable bonds is 4. The van der Waals surface area contributed by atoms with Crippen LogP contribution in [0.15, 0.2) is 42.5 Å². The van der Waals surface area contributed by atoms with Gasteiger partial charge < -0.3 is 16.0 Å². The maximum atomic E-state index is 12.5. The lowest BCUT2D eigenvalue weighted by Crippen LogP contribution is -2.51. The lowest BCUT2D eigenvalue weighted by molar-refractivity contribution is -0.127. The van der Waals surface area contributed by atoms with Crippen LogP contribution in [-0.4, -0.2) is 30.4 Å². The van der Waals surface area contributed by atoms with Crippen LogP contribution in [0.3, 0.4) is 0 Å². The Labute approximate surface area is 141 Å². The van der Waals surface area contributed by atoms with Crippen molar-refractivity contribution in [2.75, 3.05) is 18.0 Å². The van der Waals surface area contributed by atoms with Crippen molar-refractivity contribution in [2.24, 2.45) is 11.7 Å². The molecular formula is C19H23N3O2. The molecule has 24 heavy (non-hydrogen) atoms. The van der Waals surface area contributed by atoms with Crippen LogP contribution in [0.2, 0.25) is 0 Å². The molecule has 0 saturated carbocycles. The van der Waals surface area contributed by atoms with Crippen molar-refractivity contribution < 1.29 is 9.59 Å². The Morgan fingerprint density at radius 3 is 2.71 bits per heavy atom. The fourth-order valence-electron chi connectivity index (χ4n) is 3.05. The smallest absolute Gasteiger partial charge is 0.227 e. The normalized spacial score (nSPS) is 18.2. The van der Waals surface area contributed by atoms with Crippen LogP contribution in [0, 0.1) is 5.92 Å². The Hall–Kier alpha value is -2.40. The molecule has 0 spiro atoms. The lowest BCUT2D eigenvalue weighted by Gasteiger charge is -2.26. The molecular weight excluding hydrogens is 302 g/mol. The van der Waals surface area contributed by atoms with Gasteiger partial charge in [0.05, 0.1) is 11.6 Å². The van der Waals surface area contributed by atoms with Gasteiger partial charge in [-0.2, -0.15) is 0 Å². The summed E-state index contributed by atoms with van der Waals surface area (Å²) < 4.78 is 0. The number of nitrogens with one attached hydrogen (secondary N) is 1. The molecule has 126 valence electrons. The molecule has 3 rings (SSSR count). The highest BCUT2D eigenvalue weighted by Gasteiger charge is 2.37. The van der Waals surface area contributed by atoms with E-state index in [1.807, 2.05) is 56.3 Å². The number of fused-ring (bicyclic) bond motifs is 1. The van der Waals surface area contributed by atoms with Gasteiger partial charge in [0, 0.05) is 30.4 Å². The number of nitrogens with two attached hydrogens (primary N) is 1. The first-order valence-electron chi connectivity index (χ1n) is 8.21. The van der Waals surface area contributed by atoms with Crippen LogP contribution in [0.4, 0.5) is 5.69 Å². The summed E-state index contributed by atoms with van der Waals surface area (Å²) in [4.78, 5) is 26.7. The van der Waals surface area contributed by atoms with Gasteiger partial charge in [0.1, 0.15) is 0 Å². The SMILES string of the molecule is CC(C)(CN)NC(=O)C1CC(=O)N(c2cccc3ccccc23)C1. The molecule has 2 aromatic carbocycles. The fourth-order valence-corrected chi connectivity index (χ4v) is 3.05. The van der Waals surface area contributed by atoms with Crippen LogP contribution < -0.4 is 16.0 Å². The zero-order chi connectivity index (χ0) is 17.3.